The van der Waals surface area contributed by atoms with Crippen LogP contribution in [0.4, 0.5) is 10.5 Å². The van der Waals surface area contributed by atoms with Crippen LogP contribution in [-0.2, 0) is 16.1 Å². The Morgan fingerprint density at radius 3 is 2.32 bits per heavy atom. The highest BCUT2D eigenvalue weighted by Gasteiger charge is 2.12. The zero-order chi connectivity index (χ0) is 20.5. The van der Waals surface area contributed by atoms with E-state index in [1.165, 1.54) is 12.1 Å². The molecule has 0 aliphatic carbocycles. The highest BCUT2D eigenvalue weighted by Crippen LogP contribution is 2.18. The Kier molecular flexibility index (Phi) is 7.56. The summed E-state index contributed by atoms with van der Waals surface area (Å²) in [6.45, 7) is 5.85. The number of carbonyl (C=O) groups is 3. The molecule has 2 N–H and O–H groups in total. The van der Waals surface area contributed by atoms with Crippen LogP contribution in [0.2, 0.25) is 0 Å². The number of ether oxygens (including phenoxy) is 2. The maximum atomic E-state index is 12.5. The van der Waals surface area contributed by atoms with E-state index >= 15 is 0 Å². The molecule has 0 fully saturated rings. The fourth-order valence-corrected chi connectivity index (χ4v) is 2.30. The number of benzene rings is 2. The first-order chi connectivity index (χ1) is 13.4. The molecular formula is C21H24N2O5. The number of nitrogens with one attached hydrogen (secondary N) is 2. The van der Waals surface area contributed by atoms with Crippen molar-refractivity contribution >= 4 is 23.7 Å². The summed E-state index contributed by atoms with van der Waals surface area (Å²) in [5.74, 6) is -0.201. The van der Waals surface area contributed by atoms with Gasteiger partial charge in [-0.1, -0.05) is 32.0 Å². The first-order valence-corrected chi connectivity index (χ1v) is 9.02. The van der Waals surface area contributed by atoms with Crippen LogP contribution in [0, 0.1) is 5.92 Å². The summed E-state index contributed by atoms with van der Waals surface area (Å²) in [7, 11) is 0. The molecular weight excluding hydrogens is 360 g/mol. The third kappa shape index (κ3) is 6.12. The first kappa shape index (κ1) is 21.0. The highest BCUT2D eigenvalue weighted by atomic mass is 16.7. The third-order valence-electron chi connectivity index (χ3n) is 3.82. The van der Waals surface area contributed by atoms with Gasteiger partial charge in [0, 0.05) is 23.7 Å². The molecule has 0 atom stereocenters. The van der Waals surface area contributed by atoms with Crippen LogP contribution in [0.15, 0.2) is 48.5 Å². The van der Waals surface area contributed by atoms with E-state index in [4.69, 9.17) is 9.47 Å². The van der Waals surface area contributed by atoms with E-state index in [0.717, 1.165) is 5.56 Å². The van der Waals surface area contributed by atoms with Gasteiger partial charge in [-0.25, -0.2) is 4.79 Å². The molecule has 2 aromatic carbocycles. The molecule has 0 aliphatic heterocycles. The zero-order valence-electron chi connectivity index (χ0n) is 16.2. The fourth-order valence-electron chi connectivity index (χ4n) is 2.30. The summed E-state index contributed by atoms with van der Waals surface area (Å²) in [5, 5.41) is 5.67. The number of hydrogen-bond acceptors (Lipinski definition) is 5. The summed E-state index contributed by atoms with van der Waals surface area (Å²) < 4.78 is 9.67. The van der Waals surface area contributed by atoms with Gasteiger partial charge in [0.2, 0.25) is 5.91 Å². The van der Waals surface area contributed by atoms with Crippen molar-refractivity contribution in [3.8, 4) is 5.75 Å². The SMILES string of the molecule is CCOC(=O)Oc1ccc(C(=O)Nc2ccccc2CNC(=O)C(C)C)cc1. The van der Waals surface area contributed by atoms with Crippen molar-refractivity contribution < 1.29 is 23.9 Å². The Labute approximate surface area is 164 Å². The Morgan fingerprint density at radius 2 is 1.68 bits per heavy atom. The van der Waals surface area contributed by atoms with Crippen molar-refractivity contribution in [3.05, 3.63) is 59.7 Å². The topological polar surface area (TPSA) is 93.7 Å². The first-order valence-electron chi connectivity index (χ1n) is 9.02. The van der Waals surface area contributed by atoms with Crippen molar-refractivity contribution in [2.45, 2.75) is 27.3 Å². The van der Waals surface area contributed by atoms with E-state index < -0.39 is 6.16 Å². The van der Waals surface area contributed by atoms with Gasteiger partial charge < -0.3 is 20.1 Å². The third-order valence-corrected chi connectivity index (χ3v) is 3.82. The largest absolute Gasteiger partial charge is 0.513 e. The van der Waals surface area contributed by atoms with Gasteiger partial charge in [0.05, 0.1) is 6.61 Å². The maximum absolute atomic E-state index is 12.5. The van der Waals surface area contributed by atoms with Gasteiger partial charge in [-0.3, -0.25) is 9.59 Å². The molecule has 0 unspecified atom stereocenters. The average molecular weight is 384 g/mol. The quantitative estimate of drug-likeness (QED) is 0.560. The molecule has 0 bridgehead atoms. The molecule has 2 rings (SSSR count). The second-order valence-corrected chi connectivity index (χ2v) is 6.29. The van der Waals surface area contributed by atoms with Gasteiger partial charge in [-0.2, -0.15) is 0 Å². The van der Waals surface area contributed by atoms with Gasteiger partial charge in [-0.05, 0) is 42.8 Å². The van der Waals surface area contributed by atoms with Crippen LogP contribution in [0.25, 0.3) is 0 Å². The minimum Gasteiger partial charge on any atom is -0.434 e. The molecule has 2 aromatic rings. The summed E-state index contributed by atoms with van der Waals surface area (Å²) in [4.78, 5) is 35.6. The second-order valence-electron chi connectivity index (χ2n) is 6.29. The summed E-state index contributed by atoms with van der Waals surface area (Å²) in [6.07, 6.45) is -0.794. The van der Waals surface area contributed by atoms with E-state index in [-0.39, 0.29) is 30.1 Å². The van der Waals surface area contributed by atoms with Gasteiger partial charge in [0.15, 0.2) is 0 Å². The summed E-state index contributed by atoms with van der Waals surface area (Å²) >= 11 is 0. The normalized spacial score (nSPS) is 10.3. The zero-order valence-corrected chi connectivity index (χ0v) is 16.2. The van der Waals surface area contributed by atoms with E-state index in [1.807, 2.05) is 26.0 Å². The fraction of sp³-hybridized carbons (Fsp3) is 0.286. The van der Waals surface area contributed by atoms with Crippen LogP contribution in [-0.4, -0.2) is 24.6 Å². The van der Waals surface area contributed by atoms with Crippen LogP contribution in [0.1, 0.15) is 36.7 Å². The van der Waals surface area contributed by atoms with Crippen molar-refractivity contribution in [3.63, 3.8) is 0 Å². The molecule has 2 amide bonds. The van der Waals surface area contributed by atoms with Crippen LogP contribution >= 0.6 is 0 Å². The molecule has 0 aromatic heterocycles. The van der Waals surface area contributed by atoms with Gasteiger partial charge >= 0.3 is 6.16 Å². The number of hydrogen-bond donors (Lipinski definition) is 2. The van der Waals surface area contributed by atoms with Gasteiger partial charge in [-0.15, -0.1) is 0 Å². The van der Waals surface area contributed by atoms with Crippen LogP contribution < -0.4 is 15.4 Å². The monoisotopic (exact) mass is 384 g/mol. The predicted molar refractivity (Wildman–Crippen MR) is 105 cm³/mol. The van der Waals surface area contributed by atoms with E-state index in [1.54, 1.807) is 31.2 Å². The molecule has 0 heterocycles. The minimum atomic E-state index is -0.794. The second kappa shape index (κ2) is 10.1. The molecule has 0 radical (unpaired) electrons. The van der Waals surface area contributed by atoms with Crippen molar-refractivity contribution in [2.24, 2.45) is 5.92 Å². The van der Waals surface area contributed by atoms with Gasteiger partial charge in [0.1, 0.15) is 5.75 Å². The smallest absolute Gasteiger partial charge is 0.434 e. The number of amides is 2. The summed E-state index contributed by atoms with van der Waals surface area (Å²) in [6, 6.07) is 13.4. The average Bonchev–Trinajstić information content (AvgIpc) is 2.67. The lowest BCUT2D eigenvalue weighted by Gasteiger charge is -2.13. The Morgan fingerprint density at radius 1 is 1.00 bits per heavy atom. The molecule has 148 valence electrons. The molecule has 28 heavy (non-hydrogen) atoms. The molecule has 7 nitrogen and oxygen atoms in total. The lowest BCUT2D eigenvalue weighted by Crippen LogP contribution is -2.27. The standard InChI is InChI=1S/C21H24N2O5/c1-4-27-21(26)28-17-11-9-15(10-12-17)20(25)23-18-8-6-5-7-16(18)13-22-19(24)14(2)3/h5-12,14H,4,13H2,1-3H3,(H,22,24)(H,23,25). The Hall–Kier alpha value is -3.35. The minimum absolute atomic E-state index is 0.0571. The highest BCUT2D eigenvalue weighted by molar-refractivity contribution is 6.04. The lowest BCUT2D eigenvalue weighted by atomic mass is 10.1. The lowest BCUT2D eigenvalue weighted by molar-refractivity contribution is -0.124. The van der Waals surface area contributed by atoms with Gasteiger partial charge in [0.25, 0.3) is 5.91 Å². The Balaban J connectivity index is 2.02. The number of anilines is 1. The van der Waals surface area contributed by atoms with Crippen LogP contribution in [0.3, 0.4) is 0 Å². The Bertz CT molecular complexity index is 831. The molecule has 0 saturated carbocycles. The van der Waals surface area contributed by atoms with E-state index in [9.17, 15) is 14.4 Å². The molecule has 7 heteroatoms. The van der Waals surface area contributed by atoms with E-state index in [0.29, 0.717) is 17.8 Å². The predicted octanol–water partition coefficient (Wildman–Crippen LogP) is 3.75. The van der Waals surface area contributed by atoms with Crippen LogP contribution in [0.5, 0.6) is 5.75 Å². The number of carbonyl (C=O) groups excluding carboxylic acids is 3. The van der Waals surface area contributed by atoms with Crippen molar-refractivity contribution in [1.82, 2.24) is 5.32 Å². The maximum Gasteiger partial charge on any atom is 0.513 e. The number of para-hydroxylation sites is 1. The van der Waals surface area contributed by atoms with Crippen molar-refractivity contribution in [1.29, 1.82) is 0 Å². The van der Waals surface area contributed by atoms with E-state index in [2.05, 4.69) is 10.6 Å². The van der Waals surface area contributed by atoms with Crippen molar-refractivity contribution in [2.75, 3.05) is 11.9 Å². The molecule has 0 spiro atoms. The molecule has 0 saturated heterocycles. The molecule has 0 aliphatic rings. The summed E-state index contributed by atoms with van der Waals surface area (Å²) in [5.41, 5.74) is 1.81. The number of rotatable bonds is 7.